The summed E-state index contributed by atoms with van der Waals surface area (Å²) in [5.74, 6) is -2.74. The fourth-order valence-electron chi connectivity index (χ4n) is 3.24. The summed E-state index contributed by atoms with van der Waals surface area (Å²) in [4.78, 5) is 36.0. The number of nitrogens with zero attached hydrogens (tertiary/aromatic N) is 3. The summed E-state index contributed by atoms with van der Waals surface area (Å²) in [6.45, 7) is 0. The van der Waals surface area contributed by atoms with E-state index in [9.17, 15) is 18.4 Å². The first-order valence-corrected chi connectivity index (χ1v) is 11.6. The standard InChI is InChI=1S/C22H9Cl2F2N3O2S2/c23-16-12-4-2-10(25)8-14(12)32-18(16)20(30)29(22-27-6-1-7-28-22)21(31)19-17(24)13-5-3-11(26)9-15(13)33-19/h1-9H. The van der Waals surface area contributed by atoms with Crippen molar-refractivity contribution in [2.75, 3.05) is 4.90 Å². The number of fused-ring (bicyclic) bond motifs is 2. The first-order valence-electron chi connectivity index (χ1n) is 9.26. The highest BCUT2D eigenvalue weighted by atomic mass is 35.5. The fourth-order valence-corrected chi connectivity index (χ4v) is 6.17. The van der Waals surface area contributed by atoms with E-state index >= 15 is 0 Å². The van der Waals surface area contributed by atoms with Crippen molar-refractivity contribution in [2.45, 2.75) is 0 Å². The quantitative estimate of drug-likeness (QED) is 0.241. The lowest BCUT2D eigenvalue weighted by atomic mass is 10.2. The monoisotopic (exact) mass is 519 g/mol. The Morgan fingerprint density at radius 2 is 1.24 bits per heavy atom. The summed E-state index contributed by atoms with van der Waals surface area (Å²) < 4.78 is 28.2. The average molecular weight is 520 g/mol. The molecule has 3 aromatic heterocycles. The van der Waals surface area contributed by atoms with Crippen LogP contribution in [0.4, 0.5) is 14.7 Å². The van der Waals surface area contributed by atoms with Crippen molar-refractivity contribution in [3.8, 4) is 0 Å². The number of hydrogen-bond donors (Lipinski definition) is 0. The van der Waals surface area contributed by atoms with E-state index in [1.54, 1.807) is 0 Å². The van der Waals surface area contributed by atoms with Gasteiger partial charge in [0, 0.05) is 32.6 Å². The number of hydrogen-bond acceptors (Lipinski definition) is 6. The van der Waals surface area contributed by atoms with Crippen molar-refractivity contribution in [1.29, 1.82) is 0 Å². The number of halogens is 4. The fraction of sp³-hybridized carbons (Fsp3) is 0. The van der Waals surface area contributed by atoms with Crippen LogP contribution in [0, 0.1) is 11.6 Å². The zero-order chi connectivity index (χ0) is 23.3. The third-order valence-electron chi connectivity index (χ3n) is 4.73. The molecule has 2 amide bonds. The van der Waals surface area contributed by atoms with Gasteiger partial charge in [-0.2, -0.15) is 0 Å². The van der Waals surface area contributed by atoms with Gasteiger partial charge in [0.1, 0.15) is 21.4 Å². The summed E-state index contributed by atoms with van der Waals surface area (Å²) >= 11 is 14.7. The van der Waals surface area contributed by atoms with E-state index < -0.39 is 23.4 Å². The van der Waals surface area contributed by atoms with E-state index in [-0.39, 0.29) is 25.7 Å². The largest absolute Gasteiger partial charge is 0.279 e. The van der Waals surface area contributed by atoms with Gasteiger partial charge in [0.2, 0.25) is 5.95 Å². The zero-order valence-corrected chi connectivity index (χ0v) is 19.3. The Bertz CT molecular complexity index is 1470. The Balaban J connectivity index is 1.66. The number of benzene rings is 2. The summed E-state index contributed by atoms with van der Waals surface area (Å²) in [6.07, 6.45) is 2.75. The number of amides is 2. The molecule has 5 rings (SSSR count). The van der Waals surface area contributed by atoms with Gasteiger partial charge in [-0.15, -0.1) is 22.7 Å². The molecule has 0 aliphatic carbocycles. The molecule has 0 saturated carbocycles. The maximum Gasteiger partial charge on any atom is 0.279 e. The van der Waals surface area contributed by atoms with Gasteiger partial charge in [0.05, 0.1) is 10.0 Å². The van der Waals surface area contributed by atoms with Crippen molar-refractivity contribution < 1.29 is 18.4 Å². The highest BCUT2D eigenvalue weighted by Crippen LogP contribution is 2.39. The molecule has 0 saturated heterocycles. The molecular weight excluding hydrogens is 511 g/mol. The molecule has 5 nitrogen and oxygen atoms in total. The van der Waals surface area contributed by atoms with Crippen molar-refractivity contribution in [3.05, 3.63) is 86.3 Å². The van der Waals surface area contributed by atoms with Crippen molar-refractivity contribution in [1.82, 2.24) is 9.97 Å². The zero-order valence-electron chi connectivity index (χ0n) is 16.2. The summed E-state index contributed by atoms with van der Waals surface area (Å²) in [5, 5.41) is 1.11. The Morgan fingerprint density at radius 1 is 0.788 bits per heavy atom. The Labute approximate surface area is 202 Å². The van der Waals surface area contributed by atoms with Gasteiger partial charge in [0.15, 0.2) is 0 Å². The van der Waals surface area contributed by atoms with E-state index in [2.05, 4.69) is 9.97 Å². The second kappa shape index (κ2) is 8.42. The summed E-state index contributed by atoms with van der Waals surface area (Å²) in [5.41, 5.74) is 0. The highest BCUT2D eigenvalue weighted by Gasteiger charge is 2.34. The van der Waals surface area contributed by atoms with Gasteiger partial charge in [-0.05, 0) is 42.5 Å². The minimum Gasteiger partial charge on any atom is -0.267 e. The second-order valence-corrected chi connectivity index (χ2v) is 9.63. The third kappa shape index (κ3) is 3.76. The number of anilines is 1. The van der Waals surface area contributed by atoms with Crippen LogP contribution < -0.4 is 4.90 Å². The molecule has 5 aromatic rings. The predicted molar refractivity (Wildman–Crippen MR) is 127 cm³/mol. The predicted octanol–water partition coefficient (Wildman–Crippen LogP) is 6.98. The summed E-state index contributed by atoms with van der Waals surface area (Å²) in [6, 6.07) is 9.42. The number of carbonyl (C=O) groups excluding carboxylic acids is 2. The van der Waals surface area contributed by atoms with Crippen molar-refractivity contribution in [2.24, 2.45) is 0 Å². The molecule has 0 N–H and O–H groups in total. The third-order valence-corrected chi connectivity index (χ3v) is 8.02. The normalized spacial score (nSPS) is 11.3. The molecular formula is C22H9Cl2F2N3O2S2. The molecule has 0 bridgehead atoms. The van der Waals surface area contributed by atoms with Gasteiger partial charge < -0.3 is 0 Å². The maximum atomic E-state index is 13.7. The number of aromatic nitrogens is 2. The van der Waals surface area contributed by atoms with E-state index in [0.717, 1.165) is 27.6 Å². The lowest BCUT2D eigenvalue weighted by Gasteiger charge is -2.17. The van der Waals surface area contributed by atoms with Crippen LogP contribution in [0.5, 0.6) is 0 Å². The maximum absolute atomic E-state index is 13.7. The number of rotatable bonds is 3. The Hall–Kier alpha value is -2.98. The first kappa shape index (κ1) is 21.8. The smallest absolute Gasteiger partial charge is 0.267 e. The molecule has 3 heterocycles. The van der Waals surface area contributed by atoms with Gasteiger partial charge in [0.25, 0.3) is 11.8 Å². The Kier molecular flexibility index (Phi) is 5.57. The van der Waals surface area contributed by atoms with Crippen LogP contribution >= 0.6 is 45.9 Å². The minimum absolute atomic E-state index is 0.0151. The highest BCUT2D eigenvalue weighted by molar-refractivity contribution is 7.22. The molecule has 33 heavy (non-hydrogen) atoms. The van der Waals surface area contributed by atoms with Crippen molar-refractivity contribution in [3.63, 3.8) is 0 Å². The van der Waals surface area contributed by atoms with Gasteiger partial charge in [-0.25, -0.2) is 23.6 Å². The Morgan fingerprint density at radius 3 is 1.70 bits per heavy atom. The van der Waals surface area contributed by atoms with E-state index in [4.69, 9.17) is 23.2 Å². The molecule has 11 heteroatoms. The van der Waals surface area contributed by atoms with Gasteiger partial charge >= 0.3 is 0 Å². The SMILES string of the molecule is O=C(c1sc2cc(F)ccc2c1Cl)N(C(=O)c1sc2cc(F)ccc2c1Cl)c1ncccn1. The number of carbonyl (C=O) groups is 2. The molecule has 0 atom stereocenters. The van der Waals surface area contributed by atoms with Crippen LogP contribution in [-0.4, -0.2) is 21.8 Å². The molecule has 0 aliphatic rings. The topological polar surface area (TPSA) is 63.2 Å². The molecule has 0 unspecified atom stereocenters. The van der Waals surface area contributed by atoms with Gasteiger partial charge in [-0.3, -0.25) is 9.59 Å². The van der Waals surface area contributed by atoms with Crippen LogP contribution in [0.3, 0.4) is 0 Å². The van der Waals surface area contributed by atoms with Gasteiger partial charge in [-0.1, -0.05) is 23.2 Å². The molecule has 0 aliphatic heterocycles. The van der Waals surface area contributed by atoms with E-state index in [1.807, 2.05) is 0 Å². The molecule has 164 valence electrons. The number of imide groups is 1. The van der Waals surface area contributed by atoms with Crippen LogP contribution in [0.25, 0.3) is 20.2 Å². The lowest BCUT2D eigenvalue weighted by Crippen LogP contribution is -2.37. The number of thiophene rings is 2. The second-order valence-electron chi connectivity index (χ2n) is 6.77. The van der Waals surface area contributed by atoms with E-state index in [1.165, 1.54) is 54.9 Å². The van der Waals surface area contributed by atoms with Crippen LogP contribution in [0.2, 0.25) is 10.0 Å². The van der Waals surface area contributed by atoms with Crippen LogP contribution in [0.15, 0.2) is 54.9 Å². The van der Waals surface area contributed by atoms with E-state index in [0.29, 0.717) is 20.2 Å². The van der Waals surface area contributed by atoms with Crippen LogP contribution in [0.1, 0.15) is 19.3 Å². The molecule has 0 radical (unpaired) electrons. The first-order chi connectivity index (χ1) is 15.8. The summed E-state index contributed by atoms with van der Waals surface area (Å²) in [7, 11) is 0. The van der Waals surface area contributed by atoms with Crippen LogP contribution in [-0.2, 0) is 0 Å². The molecule has 0 fully saturated rings. The average Bonchev–Trinajstić information content (AvgIpc) is 3.30. The van der Waals surface area contributed by atoms with Crippen molar-refractivity contribution >= 4 is 83.8 Å². The molecule has 0 spiro atoms. The minimum atomic E-state index is -0.794. The molecule has 2 aromatic carbocycles. The lowest BCUT2D eigenvalue weighted by molar-refractivity contribution is 0.0900.